The Balaban J connectivity index is 2.17. The first-order chi connectivity index (χ1) is 9.65. The Morgan fingerprint density at radius 1 is 1.25 bits per heavy atom. The third-order valence-corrected chi connectivity index (χ3v) is 3.60. The molecular formula is C16H24N4. The average molecular weight is 272 g/mol. The van der Waals surface area contributed by atoms with E-state index in [2.05, 4.69) is 59.9 Å². The Hall–Kier alpha value is -1.84. The zero-order valence-corrected chi connectivity index (χ0v) is 12.9. The van der Waals surface area contributed by atoms with Gasteiger partial charge in [0, 0.05) is 18.4 Å². The minimum atomic E-state index is 0.802. The fraction of sp³-hybridized carbons (Fsp3) is 0.500. The van der Waals surface area contributed by atoms with Crippen molar-refractivity contribution in [2.75, 3.05) is 11.9 Å². The van der Waals surface area contributed by atoms with Crippen LogP contribution in [-0.4, -0.2) is 21.3 Å². The van der Waals surface area contributed by atoms with Crippen molar-refractivity contribution < 1.29 is 0 Å². The van der Waals surface area contributed by atoms with Gasteiger partial charge in [0.15, 0.2) is 0 Å². The minimum absolute atomic E-state index is 0.802. The molecule has 2 aromatic heterocycles. The Bertz CT molecular complexity index is 572. The number of nitrogens with one attached hydrogen (secondary N) is 1. The molecule has 2 rings (SSSR count). The van der Waals surface area contributed by atoms with Crippen LogP contribution in [0.1, 0.15) is 42.8 Å². The Morgan fingerprint density at radius 2 is 2.05 bits per heavy atom. The fourth-order valence-corrected chi connectivity index (χ4v) is 2.49. The molecule has 0 atom stereocenters. The van der Waals surface area contributed by atoms with Crippen LogP contribution < -0.4 is 5.32 Å². The van der Waals surface area contributed by atoms with Crippen molar-refractivity contribution in [3.05, 3.63) is 40.8 Å². The predicted octanol–water partition coefficient (Wildman–Crippen LogP) is 3.33. The molecule has 20 heavy (non-hydrogen) atoms. The molecule has 0 aliphatic carbocycles. The van der Waals surface area contributed by atoms with E-state index in [1.54, 1.807) is 0 Å². The van der Waals surface area contributed by atoms with Crippen molar-refractivity contribution in [2.45, 2.75) is 47.1 Å². The number of anilines is 1. The molecule has 0 saturated carbocycles. The highest BCUT2D eigenvalue weighted by atomic mass is 15.3. The largest absolute Gasteiger partial charge is 0.370 e. The summed E-state index contributed by atoms with van der Waals surface area (Å²) in [6.45, 7) is 10.3. The first-order valence-electron chi connectivity index (χ1n) is 7.37. The topological polar surface area (TPSA) is 42.7 Å². The fourth-order valence-electron chi connectivity index (χ4n) is 2.49. The van der Waals surface area contributed by atoms with Crippen molar-refractivity contribution in [3.63, 3.8) is 0 Å². The molecule has 0 fully saturated rings. The van der Waals surface area contributed by atoms with Crippen LogP contribution in [0, 0.1) is 13.8 Å². The van der Waals surface area contributed by atoms with Gasteiger partial charge in [-0.2, -0.15) is 5.10 Å². The third-order valence-electron chi connectivity index (χ3n) is 3.60. The summed E-state index contributed by atoms with van der Waals surface area (Å²) in [5.41, 5.74) is 5.00. The number of nitrogens with zero attached hydrogens (tertiary/aromatic N) is 3. The van der Waals surface area contributed by atoms with Gasteiger partial charge < -0.3 is 5.32 Å². The first-order valence-corrected chi connectivity index (χ1v) is 7.37. The van der Waals surface area contributed by atoms with Gasteiger partial charge in [-0.3, -0.25) is 4.68 Å². The normalized spacial score (nSPS) is 10.8. The molecule has 0 bridgehead atoms. The van der Waals surface area contributed by atoms with Gasteiger partial charge in [-0.25, -0.2) is 4.98 Å². The maximum Gasteiger partial charge on any atom is 0.126 e. The molecule has 0 aliphatic rings. The van der Waals surface area contributed by atoms with Crippen LogP contribution in [0.4, 0.5) is 5.82 Å². The molecule has 4 heteroatoms. The van der Waals surface area contributed by atoms with E-state index in [-0.39, 0.29) is 0 Å². The number of hydrogen-bond acceptors (Lipinski definition) is 3. The van der Waals surface area contributed by atoms with Crippen LogP contribution in [0.25, 0.3) is 0 Å². The summed E-state index contributed by atoms with van der Waals surface area (Å²) >= 11 is 0. The molecule has 0 aliphatic heterocycles. The van der Waals surface area contributed by atoms with Crippen molar-refractivity contribution in [2.24, 2.45) is 0 Å². The van der Waals surface area contributed by atoms with Crippen LogP contribution in [0.2, 0.25) is 0 Å². The van der Waals surface area contributed by atoms with Gasteiger partial charge in [-0.05, 0) is 49.9 Å². The standard InChI is InChI=1S/C16H24N4/c1-5-8-17-16-10-14(7-9-18-16)11-20-13(4)15(6-2)12(3)19-20/h7,9-10H,5-6,8,11H2,1-4H3,(H,17,18). The Labute approximate surface area is 121 Å². The van der Waals surface area contributed by atoms with Crippen molar-refractivity contribution in [1.82, 2.24) is 14.8 Å². The van der Waals surface area contributed by atoms with E-state index in [1.807, 2.05) is 6.20 Å². The maximum absolute atomic E-state index is 4.64. The molecule has 2 aromatic rings. The molecule has 108 valence electrons. The minimum Gasteiger partial charge on any atom is -0.370 e. The molecule has 0 aromatic carbocycles. The van der Waals surface area contributed by atoms with Crippen LogP contribution in [0.3, 0.4) is 0 Å². The summed E-state index contributed by atoms with van der Waals surface area (Å²) in [6.07, 6.45) is 4.00. The van der Waals surface area contributed by atoms with Crippen LogP contribution in [0.5, 0.6) is 0 Å². The average Bonchev–Trinajstić information content (AvgIpc) is 2.71. The van der Waals surface area contributed by atoms with Gasteiger partial charge in [-0.15, -0.1) is 0 Å². The van der Waals surface area contributed by atoms with Crippen molar-refractivity contribution in [3.8, 4) is 0 Å². The molecule has 4 nitrogen and oxygen atoms in total. The lowest BCUT2D eigenvalue weighted by Crippen LogP contribution is -2.06. The lowest BCUT2D eigenvalue weighted by atomic mass is 10.1. The van der Waals surface area contributed by atoms with Crippen molar-refractivity contribution >= 4 is 5.82 Å². The molecule has 1 N–H and O–H groups in total. The van der Waals surface area contributed by atoms with E-state index in [9.17, 15) is 0 Å². The summed E-state index contributed by atoms with van der Waals surface area (Å²) in [6, 6.07) is 4.16. The van der Waals surface area contributed by atoms with Crippen molar-refractivity contribution in [1.29, 1.82) is 0 Å². The molecular weight excluding hydrogens is 248 g/mol. The molecule has 0 unspecified atom stereocenters. The zero-order chi connectivity index (χ0) is 14.5. The number of aryl methyl sites for hydroxylation is 1. The second-order valence-electron chi connectivity index (χ2n) is 5.14. The Kier molecular flexibility index (Phi) is 4.77. The molecule has 0 radical (unpaired) electrons. The van der Waals surface area contributed by atoms with Crippen LogP contribution >= 0.6 is 0 Å². The summed E-state index contributed by atoms with van der Waals surface area (Å²) in [7, 11) is 0. The zero-order valence-electron chi connectivity index (χ0n) is 12.9. The lowest BCUT2D eigenvalue weighted by Gasteiger charge is -2.08. The van der Waals surface area contributed by atoms with Gasteiger partial charge >= 0.3 is 0 Å². The summed E-state index contributed by atoms with van der Waals surface area (Å²) in [5, 5.41) is 7.97. The summed E-state index contributed by atoms with van der Waals surface area (Å²) in [4.78, 5) is 4.34. The molecule has 0 spiro atoms. The van der Waals surface area contributed by atoms with Crippen LogP contribution in [-0.2, 0) is 13.0 Å². The summed E-state index contributed by atoms with van der Waals surface area (Å²) < 4.78 is 2.09. The Morgan fingerprint density at radius 3 is 2.70 bits per heavy atom. The smallest absolute Gasteiger partial charge is 0.126 e. The van der Waals surface area contributed by atoms with Gasteiger partial charge in [0.25, 0.3) is 0 Å². The van der Waals surface area contributed by atoms with Gasteiger partial charge in [-0.1, -0.05) is 13.8 Å². The van der Waals surface area contributed by atoms with E-state index >= 15 is 0 Å². The van der Waals surface area contributed by atoms with Gasteiger partial charge in [0.05, 0.1) is 12.2 Å². The molecule has 0 saturated heterocycles. The van der Waals surface area contributed by atoms with Gasteiger partial charge in [0.1, 0.15) is 5.82 Å². The quantitative estimate of drug-likeness (QED) is 0.877. The first kappa shape index (κ1) is 14.6. The van der Waals surface area contributed by atoms with E-state index < -0.39 is 0 Å². The number of rotatable bonds is 6. The SMILES string of the molecule is CCCNc1cc(Cn2nc(C)c(CC)c2C)ccn1. The second-order valence-corrected chi connectivity index (χ2v) is 5.14. The highest BCUT2D eigenvalue weighted by molar-refractivity contribution is 5.37. The maximum atomic E-state index is 4.64. The predicted molar refractivity (Wildman–Crippen MR) is 83.2 cm³/mol. The highest BCUT2D eigenvalue weighted by Gasteiger charge is 2.10. The molecule has 0 amide bonds. The number of hydrogen-bond donors (Lipinski definition) is 1. The monoisotopic (exact) mass is 272 g/mol. The number of aromatic nitrogens is 3. The number of pyridine rings is 1. The summed E-state index contributed by atoms with van der Waals surface area (Å²) in [5.74, 6) is 0.946. The third kappa shape index (κ3) is 3.18. The van der Waals surface area contributed by atoms with E-state index in [0.717, 1.165) is 37.4 Å². The van der Waals surface area contributed by atoms with E-state index in [4.69, 9.17) is 0 Å². The van der Waals surface area contributed by atoms with E-state index in [1.165, 1.54) is 16.8 Å². The molecule has 2 heterocycles. The highest BCUT2D eigenvalue weighted by Crippen LogP contribution is 2.16. The van der Waals surface area contributed by atoms with Crippen LogP contribution in [0.15, 0.2) is 18.3 Å². The second kappa shape index (κ2) is 6.55. The lowest BCUT2D eigenvalue weighted by molar-refractivity contribution is 0.657. The van der Waals surface area contributed by atoms with E-state index in [0.29, 0.717) is 0 Å². The van der Waals surface area contributed by atoms with Gasteiger partial charge in [0.2, 0.25) is 0 Å².